The zero-order chi connectivity index (χ0) is 9.35. The lowest BCUT2D eigenvalue weighted by Crippen LogP contribution is -2.41. The van der Waals surface area contributed by atoms with E-state index in [4.69, 9.17) is 4.74 Å². The Kier molecular flexibility index (Phi) is 2.24. The maximum absolute atomic E-state index is 10.9. The highest BCUT2D eigenvalue weighted by molar-refractivity contribution is 5.91. The number of ether oxygens (including phenoxy) is 1. The normalized spacial score (nSPS) is 27.3. The predicted octanol–water partition coefficient (Wildman–Crippen LogP) is 1.02. The van der Waals surface area contributed by atoms with Crippen molar-refractivity contribution in [2.45, 2.75) is 38.9 Å². The summed E-state index contributed by atoms with van der Waals surface area (Å²) >= 11 is 0. The molecule has 0 aliphatic carbocycles. The van der Waals surface area contributed by atoms with Crippen LogP contribution in [0.1, 0.15) is 27.2 Å². The number of carbonyl (C=O) groups is 1. The van der Waals surface area contributed by atoms with Gasteiger partial charge in [-0.3, -0.25) is 4.79 Å². The molecule has 0 aromatic heterocycles. The van der Waals surface area contributed by atoms with Gasteiger partial charge < -0.3 is 9.84 Å². The van der Waals surface area contributed by atoms with E-state index in [0.29, 0.717) is 12.2 Å². The van der Waals surface area contributed by atoms with E-state index in [9.17, 15) is 9.90 Å². The number of hydrogen-bond acceptors (Lipinski definition) is 3. The monoisotopic (exact) mass is 170 g/mol. The van der Waals surface area contributed by atoms with Gasteiger partial charge in [0.05, 0.1) is 6.10 Å². The lowest BCUT2D eigenvalue weighted by molar-refractivity contribution is -0.127. The summed E-state index contributed by atoms with van der Waals surface area (Å²) in [5, 5.41) is 9.46. The molecule has 0 amide bonds. The van der Waals surface area contributed by atoms with E-state index < -0.39 is 11.7 Å². The Morgan fingerprint density at radius 1 is 1.75 bits per heavy atom. The summed E-state index contributed by atoms with van der Waals surface area (Å²) in [4.78, 5) is 10.9. The second-order valence-electron chi connectivity index (χ2n) is 3.58. The number of hydrogen-bond donors (Lipinski definition) is 1. The van der Waals surface area contributed by atoms with Crippen molar-refractivity contribution in [3.05, 3.63) is 11.8 Å². The van der Waals surface area contributed by atoms with Crippen molar-refractivity contribution in [3.63, 3.8) is 0 Å². The van der Waals surface area contributed by atoms with Crippen molar-refractivity contribution < 1.29 is 14.6 Å². The van der Waals surface area contributed by atoms with Crippen LogP contribution in [0.2, 0.25) is 0 Å². The molecule has 3 heteroatoms. The van der Waals surface area contributed by atoms with Gasteiger partial charge in [-0.2, -0.15) is 0 Å². The number of aliphatic hydroxyl groups excluding tert-OH is 1. The predicted molar refractivity (Wildman–Crippen MR) is 44.6 cm³/mol. The number of rotatable bonds is 1. The number of allylic oxidation sites excluding steroid dienone is 1. The van der Waals surface area contributed by atoms with Gasteiger partial charge in [0, 0.05) is 6.92 Å². The molecule has 1 atom stereocenters. The second-order valence-corrected chi connectivity index (χ2v) is 3.58. The zero-order valence-corrected chi connectivity index (χ0v) is 7.63. The first-order valence-electron chi connectivity index (χ1n) is 4.01. The Morgan fingerprint density at radius 3 is 2.75 bits per heavy atom. The minimum atomic E-state index is -0.643. The zero-order valence-electron chi connectivity index (χ0n) is 7.63. The molecule has 0 unspecified atom stereocenters. The van der Waals surface area contributed by atoms with Crippen LogP contribution >= 0.6 is 0 Å². The molecule has 0 saturated heterocycles. The summed E-state index contributed by atoms with van der Waals surface area (Å²) in [7, 11) is 0. The molecule has 0 aromatic carbocycles. The van der Waals surface area contributed by atoms with E-state index in [0.717, 1.165) is 0 Å². The van der Waals surface area contributed by atoms with E-state index in [-0.39, 0.29) is 5.78 Å². The molecule has 1 aliphatic heterocycles. The summed E-state index contributed by atoms with van der Waals surface area (Å²) in [5.41, 5.74) is -0.643. The molecule has 1 N–H and O–H groups in total. The molecule has 1 heterocycles. The third-order valence-corrected chi connectivity index (χ3v) is 2.05. The summed E-state index contributed by atoms with van der Waals surface area (Å²) in [6.45, 7) is 5.00. The van der Waals surface area contributed by atoms with Crippen LogP contribution in [0.3, 0.4) is 0 Å². The van der Waals surface area contributed by atoms with E-state index in [2.05, 4.69) is 0 Å². The highest BCUT2D eigenvalue weighted by atomic mass is 16.5. The first kappa shape index (κ1) is 9.26. The molecule has 3 nitrogen and oxygen atoms in total. The molecule has 68 valence electrons. The molecule has 12 heavy (non-hydrogen) atoms. The maximum Gasteiger partial charge on any atom is 0.193 e. The molecule has 1 aliphatic rings. The Morgan fingerprint density at radius 2 is 2.33 bits per heavy atom. The van der Waals surface area contributed by atoms with Crippen LogP contribution in [0.4, 0.5) is 0 Å². The van der Waals surface area contributed by atoms with Crippen LogP contribution in [0.15, 0.2) is 11.8 Å². The average Bonchev–Trinajstić information content (AvgIpc) is 1.94. The summed E-state index contributed by atoms with van der Waals surface area (Å²) in [6, 6.07) is 0. The van der Waals surface area contributed by atoms with Gasteiger partial charge in [-0.1, -0.05) is 0 Å². The van der Waals surface area contributed by atoms with Crippen LogP contribution in [-0.2, 0) is 9.53 Å². The molecule has 0 radical (unpaired) electrons. The van der Waals surface area contributed by atoms with Gasteiger partial charge in [0.1, 0.15) is 5.60 Å². The third kappa shape index (κ3) is 1.67. The summed E-state index contributed by atoms with van der Waals surface area (Å²) < 4.78 is 5.31. The van der Waals surface area contributed by atoms with Gasteiger partial charge in [0.2, 0.25) is 0 Å². The SMILES string of the molecule is CC(=O)C1=CC[C@H](O)C(C)(C)O1. The topological polar surface area (TPSA) is 46.5 Å². The van der Waals surface area contributed by atoms with Gasteiger partial charge in [-0.15, -0.1) is 0 Å². The van der Waals surface area contributed by atoms with Crippen molar-refractivity contribution in [2.24, 2.45) is 0 Å². The largest absolute Gasteiger partial charge is 0.482 e. The Bertz CT molecular complexity index is 228. The minimum absolute atomic E-state index is 0.0880. The second kappa shape index (κ2) is 2.90. The molecule has 0 aromatic rings. The molecule has 0 bridgehead atoms. The van der Waals surface area contributed by atoms with Gasteiger partial charge >= 0.3 is 0 Å². The van der Waals surface area contributed by atoms with E-state index in [1.54, 1.807) is 19.9 Å². The molecular weight excluding hydrogens is 156 g/mol. The van der Waals surface area contributed by atoms with Crippen molar-refractivity contribution in [1.29, 1.82) is 0 Å². The fourth-order valence-electron chi connectivity index (χ4n) is 1.11. The standard InChI is InChI=1S/C9H14O3/c1-6(10)7-4-5-8(11)9(2,3)12-7/h4,8,11H,5H2,1-3H3/t8-/m0/s1. The number of carbonyl (C=O) groups excluding carboxylic acids is 1. The van der Waals surface area contributed by atoms with Crippen molar-refractivity contribution in [2.75, 3.05) is 0 Å². The summed E-state index contributed by atoms with van der Waals surface area (Å²) in [5.74, 6) is 0.278. The number of aliphatic hydroxyl groups is 1. The van der Waals surface area contributed by atoms with Crippen LogP contribution in [0, 0.1) is 0 Å². The van der Waals surface area contributed by atoms with Gasteiger partial charge in [-0.05, 0) is 26.3 Å². The van der Waals surface area contributed by atoms with Crippen molar-refractivity contribution in [3.8, 4) is 0 Å². The maximum atomic E-state index is 10.9. The first-order valence-corrected chi connectivity index (χ1v) is 4.01. The minimum Gasteiger partial charge on any atom is -0.482 e. The van der Waals surface area contributed by atoms with Crippen LogP contribution < -0.4 is 0 Å². The van der Waals surface area contributed by atoms with Crippen LogP contribution in [0.25, 0.3) is 0 Å². The molecular formula is C9H14O3. The van der Waals surface area contributed by atoms with Crippen molar-refractivity contribution in [1.82, 2.24) is 0 Å². The Hall–Kier alpha value is -0.830. The van der Waals surface area contributed by atoms with Gasteiger partial charge in [0.25, 0.3) is 0 Å². The first-order chi connectivity index (χ1) is 5.43. The average molecular weight is 170 g/mol. The molecule has 0 saturated carbocycles. The van der Waals surface area contributed by atoms with Gasteiger partial charge in [-0.25, -0.2) is 0 Å². The van der Waals surface area contributed by atoms with Gasteiger partial charge in [0.15, 0.2) is 11.5 Å². The van der Waals surface area contributed by atoms with Crippen LogP contribution in [0.5, 0.6) is 0 Å². The van der Waals surface area contributed by atoms with E-state index >= 15 is 0 Å². The highest BCUT2D eigenvalue weighted by Gasteiger charge is 2.34. The lowest BCUT2D eigenvalue weighted by atomic mass is 9.95. The highest BCUT2D eigenvalue weighted by Crippen LogP contribution is 2.27. The smallest absolute Gasteiger partial charge is 0.193 e. The number of ketones is 1. The Labute approximate surface area is 72.0 Å². The fourth-order valence-corrected chi connectivity index (χ4v) is 1.11. The fraction of sp³-hybridized carbons (Fsp3) is 0.667. The number of Topliss-reactive ketones (excluding diaryl/α,β-unsaturated/α-hetero) is 1. The molecule has 1 rings (SSSR count). The van der Waals surface area contributed by atoms with E-state index in [1.165, 1.54) is 6.92 Å². The lowest BCUT2D eigenvalue weighted by Gasteiger charge is -2.34. The van der Waals surface area contributed by atoms with Crippen molar-refractivity contribution >= 4 is 5.78 Å². The molecule has 0 fully saturated rings. The molecule has 0 spiro atoms. The Balaban J connectivity index is 2.81. The third-order valence-electron chi connectivity index (χ3n) is 2.05. The van der Waals surface area contributed by atoms with Crippen LogP contribution in [-0.4, -0.2) is 22.6 Å². The van der Waals surface area contributed by atoms with E-state index in [1.807, 2.05) is 0 Å². The summed E-state index contributed by atoms with van der Waals surface area (Å²) in [6.07, 6.45) is 1.60. The quantitative estimate of drug-likeness (QED) is 0.639.